The number of hydrogen-bond acceptors (Lipinski definition) is 5. The first-order chi connectivity index (χ1) is 17.4. The van der Waals surface area contributed by atoms with E-state index in [4.69, 9.17) is 0 Å². The van der Waals surface area contributed by atoms with Crippen molar-refractivity contribution in [3.05, 3.63) is 90.3 Å². The summed E-state index contributed by atoms with van der Waals surface area (Å²) in [5, 5.41) is 5.26. The lowest BCUT2D eigenvalue weighted by Crippen LogP contribution is -2.39. The lowest BCUT2D eigenvalue weighted by Gasteiger charge is -2.31. The molecule has 1 fully saturated rings. The van der Waals surface area contributed by atoms with E-state index in [0.29, 0.717) is 35.0 Å². The number of aromatic nitrogens is 2. The summed E-state index contributed by atoms with van der Waals surface area (Å²) in [5.41, 5.74) is 1.49. The lowest BCUT2D eigenvalue weighted by atomic mass is 10.1. The van der Waals surface area contributed by atoms with Crippen molar-refractivity contribution in [2.24, 2.45) is 0 Å². The van der Waals surface area contributed by atoms with Crippen LogP contribution in [0.1, 0.15) is 28.8 Å². The fourth-order valence-corrected chi connectivity index (χ4v) is 5.30. The molecule has 0 saturated carbocycles. The molecule has 1 amide bonds. The number of carbonyl (C=O) groups excluding carboxylic acids is 1. The SMILES string of the molecule is Cl.Cl.O=C(c1ccc(Nc2ccnc3cc(C(F)(F)F)ccc23)cc1)N1CCC(Sc2ccccn2)CC1. The van der Waals surface area contributed by atoms with E-state index in [1.807, 2.05) is 23.1 Å². The number of amides is 1. The van der Waals surface area contributed by atoms with E-state index in [0.717, 1.165) is 35.7 Å². The van der Waals surface area contributed by atoms with Crippen LogP contribution >= 0.6 is 36.6 Å². The second-order valence-corrected chi connectivity index (χ2v) is 9.89. The predicted octanol–water partition coefficient (Wildman–Crippen LogP) is 7.63. The summed E-state index contributed by atoms with van der Waals surface area (Å²) in [6, 6.07) is 18.2. The molecule has 0 unspecified atom stereocenters. The van der Waals surface area contributed by atoms with Gasteiger partial charge in [0.25, 0.3) is 5.91 Å². The minimum absolute atomic E-state index is 0. The van der Waals surface area contributed by atoms with E-state index < -0.39 is 11.7 Å². The van der Waals surface area contributed by atoms with Crippen LogP contribution in [0.4, 0.5) is 24.5 Å². The van der Waals surface area contributed by atoms with E-state index in [1.165, 1.54) is 12.3 Å². The first-order valence-electron chi connectivity index (χ1n) is 11.6. The van der Waals surface area contributed by atoms with Crippen molar-refractivity contribution in [2.45, 2.75) is 29.3 Å². The third-order valence-electron chi connectivity index (χ3n) is 6.14. The van der Waals surface area contributed by atoms with Crippen LogP contribution in [0.2, 0.25) is 0 Å². The van der Waals surface area contributed by atoms with Gasteiger partial charge < -0.3 is 10.2 Å². The van der Waals surface area contributed by atoms with E-state index in [-0.39, 0.29) is 36.2 Å². The third kappa shape index (κ3) is 6.89. The molecule has 1 saturated heterocycles. The van der Waals surface area contributed by atoms with Crippen molar-refractivity contribution in [1.29, 1.82) is 0 Å². The number of rotatable bonds is 5. The smallest absolute Gasteiger partial charge is 0.355 e. The minimum Gasteiger partial charge on any atom is -0.355 e. The maximum atomic E-state index is 13.0. The van der Waals surface area contributed by atoms with Gasteiger partial charge in [-0.1, -0.05) is 12.1 Å². The molecule has 0 radical (unpaired) electrons. The first-order valence-corrected chi connectivity index (χ1v) is 12.4. The number of fused-ring (bicyclic) bond motifs is 1. The molecule has 2 aromatic heterocycles. The zero-order valence-electron chi connectivity index (χ0n) is 20.0. The molecule has 11 heteroatoms. The van der Waals surface area contributed by atoms with Gasteiger partial charge in [0.2, 0.25) is 0 Å². The molecule has 2 aromatic carbocycles. The zero-order valence-corrected chi connectivity index (χ0v) is 22.5. The quantitative estimate of drug-likeness (QED) is 0.263. The van der Waals surface area contributed by atoms with Gasteiger partial charge in [-0.05, 0) is 67.4 Å². The molecule has 0 bridgehead atoms. The zero-order chi connectivity index (χ0) is 25.1. The summed E-state index contributed by atoms with van der Waals surface area (Å²) in [6.07, 6.45) is 0.670. The molecule has 3 heterocycles. The molecular formula is C27H25Cl2F3N4OS. The Kier molecular flexibility index (Phi) is 9.87. The normalized spacial score (nSPS) is 13.9. The number of hydrogen-bond donors (Lipinski definition) is 1. The molecular weight excluding hydrogens is 556 g/mol. The minimum atomic E-state index is -4.42. The summed E-state index contributed by atoms with van der Waals surface area (Å²) >= 11 is 1.76. The molecule has 5 rings (SSSR count). The van der Waals surface area contributed by atoms with Gasteiger partial charge in [0.05, 0.1) is 16.1 Å². The maximum absolute atomic E-state index is 13.0. The Balaban J connectivity index is 0.00000200. The van der Waals surface area contributed by atoms with Gasteiger partial charge in [-0.25, -0.2) is 4.98 Å². The van der Waals surface area contributed by atoms with E-state index >= 15 is 0 Å². The van der Waals surface area contributed by atoms with Crippen LogP contribution in [-0.2, 0) is 6.18 Å². The van der Waals surface area contributed by atoms with Crippen LogP contribution in [0, 0.1) is 0 Å². The van der Waals surface area contributed by atoms with Crippen molar-refractivity contribution in [3.63, 3.8) is 0 Å². The van der Waals surface area contributed by atoms with Crippen molar-refractivity contribution in [2.75, 3.05) is 18.4 Å². The number of halogens is 5. The largest absolute Gasteiger partial charge is 0.416 e. The van der Waals surface area contributed by atoms with Crippen molar-refractivity contribution in [1.82, 2.24) is 14.9 Å². The monoisotopic (exact) mass is 580 g/mol. The fraction of sp³-hybridized carbons (Fsp3) is 0.222. The number of likely N-dealkylation sites (tertiary alicyclic amines) is 1. The summed E-state index contributed by atoms with van der Waals surface area (Å²) < 4.78 is 39.1. The molecule has 4 aromatic rings. The summed E-state index contributed by atoms with van der Waals surface area (Å²) in [5.74, 6) is -0.00289. The van der Waals surface area contributed by atoms with E-state index in [2.05, 4.69) is 15.3 Å². The molecule has 5 nitrogen and oxygen atoms in total. The first kappa shape index (κ1) is 29.5. The van der Waals surface area contributed by atoms with Gasteiger partial charge >= 0.3 is 6.18 Å². The Morgan fingerprint density at radius 2 is 1.66 bits per heavy atom. The number of thioether (sulfide) groups is 1. The number of benzene rings is 2. The van der Waals surface area contributed by atoms with Crippen LogP contribution < -0.4 is 5.32 Å². The van der Waals surface area contributed by atoms with Crippen molar-refractivity contribution in [3.8, 4) is 0 Å². The third-order valence-corrected chi connectivity index (χ3v) is 7.42. The summed E-state index contributed by atoms with van der Waals surface area (Å²) in [7, 11) is 0. The highest BCUT2D eigenvalue weighted by atomic mass is 35.5. The topological polar surface area (TPSA) is 58.1 Å². The van der Waals surface area contributed by atoms with Crippen molar-refractivity contribution < 1.29 is 18.0 Å². The van der Waals surface area contributed by atoms with E-state index in [9.17, 15) is 18.0 Å². The number of nitrogens with zero attached hydrogens (tertiary/aromatic N) is 3. The Bertz CT molecular complexity index is 1370. The highest BCUT2D eigenvalue weighted by Gasteiger charge is 2.30. The maximum Gasteiger partial charge on any atom is 0.416 e. The molecule has 1 aliphatic heterocycles. The number of nitrogens with one attached hydrogen (secondary N) is 1. The van der Waals surface area contributed by atoms with Gasteiger partial charge in [0, 0.05) is 53.1 Å². The summed E-state index contributed by atoms with van der Waals surface area (Å²) in [6.45, 7) is 1.40. The second kappa shape index (κ2) is 12.7. The average molecular weight is 581 g/mol. The van der Waals surface area contributed by atoms with Crippen LogP contribution in [0.15, 0.2) is 84.1 Å². The Hall–Kier alpha value is -3.01. The lowest BCUT2D eigenvalue weighted by molar-refractivity contribution is -0.137. The van der Waals surface area contributed by atoms with Gasteiger partial charge in [-0.3, -0.25) is 9.78 Å². The number of piperidine rings is 1. The number of carbonyl (C=O) groups is 1. The van der Waals surface area contributed by atoms with Gasteiger partial charge in [-0.15, -0.1) is 36.6 Å². The molecule has 0 aliphatic carbocycles. The Morgan fingerprint density at radius 1 is 0.921 bits per heavy atom. The number of alkyl halides is 3. The van der Waals surface area contributed by atoms with E-state index in [1.54, 1.807) is 48.3 Å². The number of pyridine rings is 2. The Morgan fingerprint density at radius 3 is 2.32 bits per heavy atom. The average Bonchev–Trinajstić information content (AvgIpc) is 2.89. The van der Waals surface area contributed by atoms with Crippen LogP contribution in [-0.4, -0.2) is 39.1 Å². The van der Waals surface area contributed by atoms with Gasteiger partial charge in [0.15, 0.2) is 0 Å². The molecule has 0 spiro atoms. The highest BCUT2D eigenvalue weighted by molar-refractivity contribution is 7.99. The van der Waals surface area contributed by atoms with Gasteiger partial charge in [0.1, 0.15) is 0 Å². The molecule has 1 aliphatic rings. The number of anilines is 2. The standard InChI is InChI=1S/C27H23F3N4OS.2ClH/c28-27(29,30)19-6-9-22-23(10-14-31-24(22)17-19)33-20-7-4-18(5-8-20)26(35)34-15-11-21(12-16-34)36-25-3-1-2-13-32-25;;/h1-10,13-14,17,21H,11-12,15-16H2,(H,31,33);2*1H. The highest BCUT2D eigenvalue weighted by Crippen LogP contribution is 2.33. The van der Waals surface area contributed by atoms with Crippen LogP contribution in [0.3, 0.4) is 0 Å². The molecule has 0 atom stereocenters. The molecule has 1 N–H and O–H groups in total. The fourth-order valence-electron chi connectivity index (χ4n) is 4.23. The summed E-state index contributed by atoms with van der Waals surface area (Å²) in [4.78, 5) is 23.3. The van der Waals surface area contributed by atoms with Crippen molar-refractivity contribution >= 4 is 64.8 Å². The molecule has 200 valence electrons. The second-order valence-electron chi connectivity index (χ2n) is 8.57. The molecule has 38 heavy (non-hydrogen) atoms. The predicted molar refractivity (Wildman–Crippen MR) is 150 cm³/mol. The van der Waals surface area contributed by atoms with Crippen LogP contribution in [0.5, 0.6) is 0 Å². The van der Waals surface area contributed by atoms with Gasteiger partial charge in [-0.2, -0.15) is 13.2 Å². The van der Waals surface area contributed by atoms with Crippen LogP contribution in [0.25, 0.3) is 10.9 Å². The Labute approximate surface area is 235 Å².